The van der Waals surface area contributed by atoms with Gasteiger partial charge in [-0.15, -0.1) is 0 Å². The maximum absolute atomic E-state index is 13.6. The Kier molecular flexibility index (Phi) is 7.52. The first kappa shape index (κ1) is 24.9. The zero-order valence-corrected chi connectivity index (χ0v) is 21.0. The number of piperidine rings is 1. The summed E-state index contributed by atoms with van der Waals surface area (Å²) in [5.74, 6) is 0.341. The molecule has 0 bridgehead atoms. The van der Waals surface area contributed by atoms with Crippen LogP contribution >= 0.6 is 0 Å². The van der Waals surface area contributed by atoms with Crippen molar-refractivity contribution in [2.75, 3.05) is 20.2 Å². The minimum atomic E-state index is -3.84. The zero-order valence-electron chi connectivity index (χ0n) is 20.2. The average Bonchev–Trinajstić information content (AvgIpc) is 2.87. The van der Waals surface area contributed by atoms with Crippen molar-refractivity contribution in [3.8, 4) is 5.75 Å². The number of methoxy groups -OCH3 is 1. The summed E-state index contributed by atoms with van der Waals surface area (Å²) in [7, 11) is -2.41. The Bertz CT molecular complexity index is 1220. The number of ether oxygens (including phenoxy) is 1. The minimum Gasteiger partial charge on any atom is -0.495 e. The molecule has 7 nitrogen and oxygen atoms in total. The van der Waals surface area contributed by atoms with Gasteiger partial charge in [0.05, 0.1) is 18.8 Å². The molecule has 1 aliphatic heterocycles. The number of hydrogen-bond acceptors (Lipinski definition) is 5. The highest BCUT2D eigenvalue weighted by Gasteiger charge is 2.34. The fraction of sp³-hybridized carbons (Fsp3) is 0.333. The Balaban J connectivity index is 1.67. The molecule has 0 radical (unpaired) electrons. The van der Waals surface area contributed by atoms with Crippen LogP contribution in [0.25, 0.3) is 0 Å². The number of pyridine rings is 1. The van der Waals surface area contributed by atoms with Crippen molar-refractivity contribution in [3.05, 3.63) is 89.7 Å². The number of nitrogens with zero attached hydrogens (tertiary/aromatic N) is 2. The maximum atomic E-state index is 13.6. The number of rotatable bonds is 7. The highest BCUT2D eigenvalue weighted by molar-refractivity contribution is 7.89. The lowest BCUT2D eigenvalue weighted by atomic mass is 9.94. The molecular formula is C27H31N3O4S. The molecule has 0 spiro atoms. The topological polar surface area (TPSA) is 88.6 Å². The van der Waals surface area contributed by atoms with Crippen molar-refractivity contribution in [1.82, 2.24) is 14.6 Å². The van der Waals surface area contributed by atoms with Crippen LogP contribution in [0.1, 0.15) is 47.9 Å². The molecule has 3 aromatic rings. The average molecular weight is 494 g/mol. The molecule has 8 heteroatoms. The number of benzene rings is 2. The predicted molar refractivity (Wildman–Crippen MR) is 135 cm³/mol. The van der Waals surface area contributed by atoms with E-state index in [0.717, 1.165) is 12.0 Å². The third kappa shape index (κ3) is 5.55. The lowest BCUT2D eigenvalue weighted by molar-refractivity contribution is 0.0942. The maximum Gasteiger partial charge on any atom is 0.252 e. The van der Waals surface area contributed by atoms with Gasteiger partial charge < -0.3 is 10.1 Å². The van der Waals surface area contributed by atoms with E-state index < -0.39 is 22.0 Å². The van der Waals surface area contributed by atoms with Crippen molar-refractivity contribution in [2.24, 2.45) is 11.8 Å². The molecule has 184 valence electrons. The van der Waals surface area contributed by atoms with Gasteiger partial charge in [0.2, 0.25) is 10.0 Å². The van der Waals surface area contributed by atoms with Crippen LogP contribution in [0.3, 0.4) is 0 Å². The number of carbonyl (C=O) groups is 1. The molecule has 1 aliphatic rings. The van der Waals surface area contributed by atoms with Gasteiger partial charge in [0.25, 0.3) is 5.91 Å². The Hall–Kier alpha value is -3.23. The van der Waals surface area contributed by atoms with Crippen LogP contribution in [-0.2, 0) is 10.0 Å². The van der Waals surface area contributed by atoms with Gasteiger partial charge in [-0.2, -0.15) is 4.31 Å². The SMILES string of the molecule is COc1ccc(C(=O)N[C@@H](c2ccccc2)c2ccccn2)cc1S(=O)(=O)N1C[C@H](C)C[C@H](C)C1. The van der Waals surface area contributed by atoms with Crippen LogP contribution < -0.4 is 10.1 Å². The molecule has 2 aromatic carbocycles. The Morgan fingerprint density at radius 2 is 1.71 bits per heavy atom. The third-order valence-corrected chi connectivity index (χ3v) is 8.12. The second-order valence-corrected chi connectivity index (χ2v) is 11.1. The number of sulfonamides is 1. The summed E-state index contributed by atoms with van der Waals surface area (Å²) in [4.78, 5) is 17.8. The molecule has 0 unspecified atom stereocenters. The lowest BCUT2D eigenvalue weighted by Crippen LogP contribution is -2.42. The summed E-state index contributed by atoms with van der Waals surface area (Å²) in [5.41, 5.74) is 1.79. The van der Waals surface area contributed by atoms with E-state index in [0.29, 0.717) is 18.8 Å². The van der Waals surface area contributed by atoms with Crippen molar-refractivity contribution in [1.29, 1.82) is 0 Å². The van der Waals surface area contributed by atoms with Gasteiger partial charge in [-0.1, -0.05) is 50.2 Å². The molecule has 1 saturated heterocycles. The fourth-order valence-corrected chi connectivity index (χ4v) is 6.56. The number of hydrogen-bond donors (Lipinski definition) is 1. The van der Waals surface area contributed by atoms with Gasteiger partial charge in [-0.05, 0) is 54.2 Å². The molecule has 1 aromatic heterocycles. The summed E-state index contributed by atoms with van der Waals surface area (Å²) in [6.07, 6.45) is 2.66. The first-order valence-corrected chi connectivity index (χ1v) is 13.2. The molecule has 3 atom stereocenters. The van der Waals surface area contributed by atoms with Gasteiger partial charge in [0.15, 0.2) is 0 Å². The molecule has 4 rings (SSSR count). The number of amides is 1. The van der Waals surface area contributed by atoms with E-state index in [1.807, 2.05) is 48.5 Å². The molecule has 2 heterocycles. The number of aromatic nitrogens is 1. The molecule has 35 heavy (non-hydrogen) atoms. The lowest BCUT2D eigenvalue weighted by Gasteiger charge is -2.34. The Morgan fingerprint density at radius 3 is 2.34 bits per heavy atom. The third-order valence-electron chi connectivity index (χ3n) is 6.27. The minimum absolute atomic E-state index is 0.00282. The summed E-state index contributed by atoms with van der Waals surface area (Å²) >= 11 is 0. The quantitative estimate of drug-likeness (QED) is 0.531. The van der Waals surface area contributed by atoms with E-state index in [2.05, 4.69) is 24.1 Å². The Labute approximate surface area is 207 Å². The zero-order chi connectivity index (χ0) is 25.0. The second kappa shape index (κ2) is 10.6. The highest BCUT2D eigenvalue weighted by Crippen LogP contribution is 2.32. The van der Waals surface area contributed by atoms with Crippen LogP contribution in [-0.4, -0.2) is 43.8 Å². The first-order chi connectivity index (χ1) is 16.8. The molecule has 0 saturated carbocycles. The van der Waals surface area contributed by atoms with Gasteiger partial charge in [0.1, 0.15) is 10.6 Å². The van der Waals surface area contributed by atoms with Crippen LogP contribution in [0, 0.1) is 11.8 Å². The van der Waals surface area contributed by atoms with Gasteiger partial charge in [-0.3, -0.25) is 9.78 Å². The molecular weight excluding hydrogens is 462 g/mol. The number of carbonyl (C=O) groups excluding carboxylic acids is 1. The van der Waals surface area contributed by atoms with Gasteiger partial charge >= 0.3 is 0 Å². The molecule has 0 aliphatic carbocycles. The summed E-state index contributed by atoms with van der Waals surface area (Å²) in [5, 5.41) is 3.03. The van der Waals surface area contributed by atoms with Crippen molar-refractivity contribution in [3.63, 3.8) is 0 Å². The van der Waals surface area contributed by atoms with E-state index in [9.17, 15) is 13.2 Å². The largest absolute Gasteiger partial charge is 0.495 e. The highest BCUT2D eigenvalue weighted by atomic mass is 32.2. The smallest absolute Gasteiger partial charge is 0.252 e. The van der Waals surface area contributed by atoms with E-state index in [4.69, 9.17) is 4.74 Å². The van der Waals surface area contributed by atoms with E-state index in [1.165, 1.54) is 23.5 Å². The van der Waals surface area contributed by atoms with Crippen LogP contribution in [0.2, 0.25) is 0 Å². The van der Waals surface area contributed by atoms with Crippen molar-refractivity contribution >= 4 is 15.9 Å². The fourth-order valence-electron chi connectivity index (χ4n) is 4.70. The van der Waals surface area contributed by atoms with Crippen LogP contribution in [0.15, 0.2) is 77.8 Å². The van der Waals surface area contributed by atoms with E-state index in [-0.39, 0.29) is 28.0 Å². The monoisotopic (exact) mass is 493 g/mol. The predicted octanol–water partition coefficient (Wildman–Crippen LogP) is 4.28. The van der Waals surface area contributed by atoms with E-state index in [1.54, 1.807) is 12.3 Å². The summed E-state index contributed by atoms with van der Waals surface area (Å²) in [6.45, 7) is 5.01. The molecule has 1 fully saturated rings. The number of nitrogens with one attached hydrogen (secondary N) is 1. The Morgan fingerprint density at radius 1 is 1.03 bits per heavy atom. The summed E-state index contributed by atoms with van der Waals surface area (Å²) < 4.78 is 34.1. The van der Waals surface area contributed by atoms with Crippen LogP contribution in [0.4, 0.5) is 0 Å². The van der Waals surface area contributed by atoms with Gasteiger partial charge in [0, 0.05) is 24.8 Å². The second-order valence-electron chi connectivity index (χ2n) is 9.21. The van der Waals surface area contributed by atoms with Crippen molar-refractivity contribution in [2.45, 2.75) is 31.2 Å². The standard InChI is InChI=1S/C27H31N3O4S/c1-19-15-20(2)18-30(17-19)35(32,33)25-16-22(12-13-24(25)34-3)27(31)29-26(21-9-5-4-6-10-21)23-11-7-8-14-28-23/h4-14,16,19-20,26H,15,17-18H2,1-3H3,(H,29,31)/t19-,20+,26-/m0/s1. The summed E-state index contributed by atoms with van der Waals surface area (Å²) in [6, 6.07) is 19.1. The molecule has 1 amide bonds. The van der Waals surface area contributed by atoms with E-state index >= 15 is 0 Å². The molecule has 1 N–H and O–H groups in total. The normalized spacial score (nSPS) is 19.6. The van der Waals surface area contributed by atoms with Gasteiger partial charge in [-0.25, -0.2) is 8.42 Å². The first-order valence-electron chi connectivity index (χ1n) is 11.7. The van der Waals surface area contributed by atoms with Crippen LogP contribution in [0.5, 0.6) is 5.75 Å². The van der Waals surface area contributed by atoms with Crippen molar-refractivity contribution < 1.29 is 17.9 Å².